The highest BCUT2D eigenvalue weighted by Gasteiger charge is 2.41. The standard InChI is InChI=1S/C23H24N2O6/c1-3-13-30-19-12-8-11-17-20(19)18(24-31-15-16-9-6-5-7-10-16)14-25(23(27)28)21(17)22(26)29-4-2/h3,5-12,21H,1,4,13-15H2,2H3,(H,27,28)/b24-18+. The molecule has 1 amide bonds. The highest BCUT2D eigenvalue weighted by Crippen LogP contribution is 2.36. The molecule has 0 radical (unpaired) electrons. The van der Waals surface area contributed by atoms with Gasteiger partial charge in [-0.05, 0) is 24.1 Å². The normalized spacial score (nSPS) is 16.4. The number of hydrogen-bond donors (Lipinski definition) is 1. The topological polar surface area (TPSA) is 97.7 Å². The molecule has 31 heavy (non-hydrogen) atoms. The van der Waals surface area contributed by atoms with E-state index in [1.807, 2.05) is 30.3 Å². The smallest absolute Gasteiger partial charge is 0.408 e. The molecule has 162 valence electrons. The van der Waals surface area contributed by atoms with Crippen LogP contribution in [0.1, 0.15) is 29.7 Å². The number of esters is 1. The molecule has 3 rings (SSSR count). The highest BCUT2D eigenvalue weighted by molar-refractivity contribution is 6.09. The second-order valence-electron chi connectivity index (χ2n) is 6.68. The third kappa shape index (κ3) is 5.03. The molecule has 0 fully saturated rings. The van der Waals surface area contributed by atoms with Crippen LogP contribution in [0.25, 0.3) is 0 Å². The maximum Gasteiger partial charge on any atom is 0.408 e. The minimum atomic E-state index is -1.27. The van der Waals surface area contributed by atoms with Crippen molar-refractivity contribution in [2.45, 2.75) is 19.6 Å². The molecule has 1 atom stereocenters. The van der Waals surface area contributed by atoms with Crippen LogP contribution in [0, 0.1) is 0 Å². The van der Waals surface area contributed by atoms with Gasteiger partial charge in [-0.15, -0.1) is 0 Å². The molecule has 8 nitrogen and oxygen atoms in total. The van der Waals surface area contributed by atoms with E-state index in [-0.39, 0.29) is 26.4 Å². The fourth-order valence-electron chi connectivity index (χ4n) is 3.34. The molecule has 0 aliphatic carbocycles. The van der Waals surface area contributed by atoms with Crippen molar-refractivity contribution in [1.29, 1.82) is 0 Å². The van der Waals surface area contributed by atoms with Crippen molar-refractivity contribution < 1.29 is 29.0 Å². The van der Waals surface area contributed by atoms with Crippen LogP contribution >= 0.6 is 0 Å². The van der Waals surface area contributed by atoms with E-state index in [4.69, 9.17) is 14.3 Å². The van der Waals surface area contributed by atoms with Gasteiger partial charge in [-0.3, -0.25) is 4.90 Å². The van der Waals surface area contributed by atoms with E-state index in [1.165, 1.54) is 0 Å². The summed E-state index contributed by atoms with van der Waals surface area (Å²) in [5.74, 6) is -0.199. The van der Waals surface area contributed by atoms with Gasteiger partial charge in [0.2, 0.25) is 0 Å². The van der Waals surface area contributed by atoms with Gasteiger partial charge in [0.1, 0.15) is 24.7 Å². The Bertz CT molecular complexity index is 973. The van der Waals surface area contributed by atoms with Crippen LogP contribution in [0.4, 0.5) is 4.79 Å². The summed E-state index contributed by atoms with van der Waals surface area (Å²) in [4.78, 5) is 31.1. The molecular formula is C23H24N2O6. The number of hydrogen-bond acceptors (Lipinski definition) is 6. The first kappa shape index (κ1) is 21.9. The first-order valence-electron chi connectivity index (χ1n) is 9.82. The molecule has 0 spiro atoms. The Balaban J connectivity index is 2.03. The molecule has 2 aromatic carbocycles. The molecule has 1 N–H and O–H groups in total. The van der Waals surface area contributed by atoms with Crippen LogP contribution in [-0.4, -0.2) is 47.5 Å². The van der Waals surface area contributed by atoms with Gasteiger partial charge in [-0.1, -0.05) is 60.3 Å². The molecule has 8 heteroatoms. The molecule has 2 aromatic rings. The third-order valence-corrected chi connectivity index (χ3v) is 4.63. The maximum atomic E-state index is 12.7. The van der Waals surface area contributed by atoms with E-state index < -0.39 is 18.1 Å². The van der Waals surface area contributed by atoms with Crippen molar-refractivity contribution in [2.75, 3.05) is 19.8 Å². The van der Waals surface area contributed by atoms with Crippen LogP contribution in [0.5, 0.6) is 5.75 Å². The predicted molar refractivity (Wildman–Crippen MR) is 114 cm³/mol. The molecule has 0 bridgehead atoms. The summed E-state index contributed by atoms with van der Waals surface area (Å²) in [6.45, 7) is 5.74. The minimum Gasteiger partial charge on any atom is -0.489 e. The van der Waals surface area contributed by atoms with Gasteiger partial charge < -0.3 is 19.4 Å². The lowest BCUT2D eigenvalue weighted by Gasteiger charge is -2.34. The van der Waals surface area contributed by atoms with Gasteiger partial charge in [0.25, 0.3) is 0 Å². The Morgan fingerprint density at radius 1 is 1.23 bits per heavy atom. The van der Waals surface area contributed by atoms with Crippen LogP contribution in [0.3, 0.4) is 0 Å². The summed E-state index contributed by atoms with van der Waals surface area (Å²) < 4.78 is 10.9. The number of benzene rings is 2. The molecule has 1 aliphatic rings. The van der Waals surface area contributed by atoms with Gasteiger partial charge in [-0.2, -0.15) is 0 Å². The fraction of sp³-hybridized carbons (Fsp3) is 0.261. The van der Waals surface area contributed by atoms with E-state index in [1.54, 1.807) is 31.2 Å². The molecule has 1 heterocycles. The summed E-state index contributed by atoms with van der Waals surface area (Å²) in [7, 11) is 0. The summed E-state index contributed by atoms with van der Waals surface area (Å²) in [5.41, 5.74) is 2.20. The zero-order chi connectivity index (χ0) is 22.2. The Morgan fingerprint density at radius 2 is 2.00 bits per heavy atom. The second kappa shape index (κ2) is 10.3. The van der Waals surface area contributed by atoms with Gasteiger partial charge in [-0.25, -0.2) is 9.59 Å². The zero-order valence-electron chi connectivity index (χ0n) is 17.2. The molecule has 0 saturated carbocycles. The van der Waals surface area contributed by atoms with Gasteiger partial charge in [0, 0.05) is 5.56 Å². The van der Waals surface area contributed by atoms with Crippen molar-refractivity contribution in [3.8, 4) is 5.75 Å². The van der Waals surface area contributed by atoms with Crippen molar-refractivity contribution in [3.63, 3.8) is 0 Å². The predicted octanol–water partition coefficient (Wildman–Crippen LogP) is 3.77. The molecule has 1 unspecified atom stereocenters. The monoisotopic (exact) mass is 424 g/mol. The number of amides is 1. The lowest BCUT2D eigenvalue weighted by molar-refractivity contribution is -0.149. The highest BCUT2D eigenvalue weighted by atomic mass is 16.6. The Morgan fingerprint density at radius 3 is 2.68 bits per heavy atom. The first-order valence-corrected chi connectivity index (χ1v) is 9.82. The molecule has 1 aliphatic heterocycles. The quantitative estimate of drug-likeness (QED) is 0.394. The Hall–Kier alpha value is -3.81. The number of nitrogens with zero attached hydrogens (tertiary/aromatic N) is 2. The maximum absolute atomic E-state index is 12.7. The van der Waals surface area contributed by atoms with E-state index in [2.05, 4.69) is 11.7 Å². The summed E-state index contributed by atoms with van der Waals surface area (Å²) >= 11 is 0. The number of oxime groups is 1. The first-order chi connectivity index (χ1) is 15.1. The Kier molecular flexibility index (Phi) is 7.26. The average molecular weight is 424 g/mol. The minimum absolute atomic E-state index is 0.131. The lowest BCUT2D eigenvalue weighted by atomic mass is 9.90. The number of rotatable bonds is 8. The van der Waals surface area contributed by atoms with E-state index in [9.17, 15) is 14.7 Å². The second-order valence-corrected chi connectivity index (χ2v) is 6.68. The van der Waals surface area contributed by atoms with E-state index in [0.29, 0.717) is 22.6 Å². The summed E-state index contributed by atoms with van der Waals surface area (Å²) in [6, 6.07) is 13.4. The molecule has 0 aromatic heterocycles. The van der Waals surface area contributed by atoms with E-state index >= 15 is 0 Å². The fourth-order valence-corrected chi connectivity index (χ4v) is 3.34. The Labute approximate surface area is 180 Å². The van der Waals surface area contributed by atoms with Crippen LogP contribution in [0.2, 0.25) is 0 Å². The summed E-state index contributed by atoms with van der Waals surface area (Å²) in [6.07, 6.45) is 0.328. The number of carboxylic acid groups (broad SMARTS) is 1. The van der Waals surface area contributed by atoms with Crippen LogP contribution in [0.15, 0.2) is 66.3 Å². The van der Waals surface area contributed by atoms with Crippen molar-refractivity contribution in [2.24, 2.45) is 5.16 Å². The third-order valence-electron chi connectivity index (χ3n) is 4.63. The average Bonchev–Trinajstić information content (AvgIpc) is 2.77. The summed E-state index contributed by atoms with van der Waals surface area (Å²) in [5, 5.41) is 14.0. The number of fused-ring (bicyclic) bond motifs is 1. The number of carbonyl (C=O) groups excluding carboxylic acids is 1. The zero-order valence-corrected chi connectivity index (χ0v) is 17.2. The van der Waals surface area contributed by atoms with E-state index in [0.717, 1.165) is 10.5 Å². The largest absolute Gasteiger partial charge is 0.489 e. The van der Waals surface area contributed by atoms with Crippen molar-refractivity contribution in [1.82, 2.24) is 4.90 Å². The van der Waals surface area contributed by atoms with Gasteiger partial charge in [0.05, 0.1) is 13.2 Å². The van der Waals surface area contributed by atoms with Crippen molar-refractivity contribution >= 4 is 17.8 Å². The molecular weight excluding hydrogens is 400 g/mol. The SMILES string of the molecule is C=CCOc1cccc2c1/C(=N/OCc1ccccc1)CN(C(=O)O)C2C(=O)OCC. The van der Waals surface area contributed by atoms with Crippen LogP contribution in [-0.2, 0) is 21.0 Å². The molecule has 0 saturated heterocycles. The lowest BCUT2D eigenvalue weighted by Crippen LogP contribution is -2.46. The van der Waals surface area contributed by atoms with Gasteiger partial charge in [0.15, 0.2) is 6.04 Å². The number of carbonyl (C=O) groups is 2. The van der Waals surface area contributed by atoms with Crippen molar-refractivity contribution in [3.05, 3.63) is 77.9 Å². The number of ether oxygens (including phenoxy) is 2. The van der Waals surface area contributed by atoms with Gasteiger partial charge >= 0.3 is 12.1 Å². The van der Waals surface area contributed by atoms with Crippen LogP contribution < -0.4 is 4.74 Å².